The molecule has 176 valence electrons. The Bertz CT molecular complexity index is 1440. The molecule has 2 aromatic rings. The van der Waals surface area contributed by atoms with Crippen LogP contribution in [0.1, 0.15) is 6.92 Å². The van der Waals surface area contributed by atoms with Crippen LogP contribution in [0.15, 0.2) is 45.1 Å². The summed E-state index contributed by atoms with van der Waals surface area (Å²) in [4.78, 5) is 52.5. The first-order valence-electron chi connectivity index (χ1n) is 9.89. The quantitative estimate of drug-likeness (QED) is 0.524. The van der Waals surface area contributed by atoms with Crippen LogP contribution in [0, 0.1) is 0 Å². The number of carboxylic acids is 2. The average molecular weight is 536 g/mol. The Morgan fingerprint density at radius 2 is 1.74 bits per heavy atom. The lowest BCUT2D eigenvalue weighted by atomic mass is 10.3. The maximum Gasteiger partial charge on any atom is 0.323 e. The van der Waals surface area contributed by atoms with Crippen LogP contribution >= 0.6 is 47.1 Å². The van der Waals surface area contributed by atoms with Gasteiger partial charge in [0.2, 0.25) is 0 Å². The fourth-order valence-electron chi connectivity index (χ4n) is 3.43. The second-order valence-corrected chi connectivity index (χ2v) is 10.8. The number of hydrogen-bond acceptors (Lipinski definition) is 9. The Morgan fingerprint density at radius 3 is 2.41 bits per heavy atom. The summed E-state index contributed by atoms with van der Waals surface area (Å²) in [7, 11) is 0. The molecule has 9 nitrogen and oxygen atoms in total. The number of thiazole rings is 1. The number of benzene rings is 1. The Hall–Kier alpha value is -2.87. The molecule has 1 fully saturated rings. The predicted octanol–water partition coefficient (Wildman–Crippen LogP) is 1.30. The van der Waals surface area contributed by atoms with Crippen molar-refractivity contribution in [3.05, 3.63) is 54.9 Å². The molecule has 2 aliphatic heterocycles. The molecule has 1 amide bonds. The van der Waals surface area contributed by atoms with E-state index in [1.54, 1.807) is 23.9 Å². The molecule has 13 heteroatoms. The van der Waals surface area contributed by atoms with Crippen molar-refractivity contribution in [1.29, 1.82) is 0 Å². The number of nitrogens with zero attached hydrogens (tertiary/aromatic N) is 3. The number of aromatic nitrogens is 1. The molecule has 0 radical (unpaired) electrons. The molecule has 0 saturated carbocycles. The molecule has 0 unspecified atom stereocenters. The van der Waals surface area contributed by atoms with Crippen LogP contribution in [0.3, 0.4) is 0 Å². The summed E-state index contributed by atoms with van der Waals surface area (Å²) in [6.07, 6.45) is 3.41. The topological polar surface area (TPSA) is 120 Å². The van der Waals surface area contributed by atoms with E-state index in [4.69, 9.17) is 17.3 Å². The van der Waals surface area contributed by atoms with Gasteiger partial charge in [0.15, 0.2) is 0 Å². The summed E-state index contributed by atoms with van der Waals surface area (Å²) < 4.78 is 1.44. The van der Waals surface area contributed by atoms with Crippen LogP contribution in [0.5, 0.6) is 0 Å². The van der Waals surface area contributed by atoms with E-state index in [0.717, 1.165) is 54.7 Å². The summed E-state index contributed by atoms with van der Waals surface area (Å²) in [5.74, 6) is -3.14. The highest BCUT2D eigenvalue weighted by molar-refractivity contribution is 8.30. The lowest BCUT2D eigenvalue weighted by Crippen LogP contribution is -2.36. The number of aliphatic carboxylic acids is 2. The molecule has 1 saturated heterocycles. The van der Waals surface area contributed by atoms with Gasteiger partial charge >= 0.3 is 11.9 Å². The molecule has 1 aromatic carbocycles. The maximum atomic E-state index is 13.1. The highest BCUT2D eigenvalue weighted by Gasteiger charge is 2.35. The average Bonchev–Trinajstić information content (AvgIpc) is 3.39. The van der Waals surface area contributed by atoms with Crippen molar-refractivity contribution in [1.82, 2.24) is 9.47 Å². The highest BCUT2D eigenvalue weighted by Crippen LogP contribution is 2.45. The third-order valence-corrected chi connectivity index (χ3v) is 8.71. The molecule has 0 atom stereocenters. The number of hydrogen-bond donors (Lipinski definition) is 2. The molecular weight excluding hydrogens is 519 g/mol. The number of fused-ring (bicyclic) bond motifs is 1. The summed E-state index contributed by atoms with van der Waals surface area (Å²) >= 11 is 8.52. The first kappa shape index (κ1) is 24.3. The third-order valence-electron chi connectivity index (χ3n) is 4.87. The van der Waals surface area contributed by atoms with Crippen molar-refractivity contribution in [2.75, 3.05) is 18.0 Å². The van der Waals surface area contributed by atoms with Gasteiger partial charge in [-0.2, -0.15) is 0 Å². The molecule has 2 N–H and O–H groups in total. The van der Waals surface area contributed by atoms with E-state index in [0.29, 0.717) is 0 Å². The Labute approximate surface area is 210 Å². The van der Waals surface area contributed by atoms with Gasteiger partial charge in [0.1, 0.15) is 27.0 Å². The summed E-state index contributed by atoms with van der Waals surface area (Å²) in [6, 6.07) is 7.93. The summed E-state index contributed by atoms with van der Waals surface area (Å²) in [5.41, 5.74) is 0.520. The monoisotopic (exact) mass is 535 g/mol. The van der Waals surface area contributed by atoms with Crippen molar-refractivity contribution < 1.29 is 24.6 Å². The first-order valence-corrected chi connectivity index (χ1v) is 12.7. The number of amides is 1. The van der Waals surface area contributed by atoms with Crippen molar-refractivity contribution >= 4 is 85.9 Å². The van der Waals surface area contributed by atoms with Crippen molar-refractivity contribution in [2.24, 2.45) is 0 Å². The van der Waals surface area contributed by atoms with Gasteiger partial charge in [-0.25, -0.2) is 0 Å². The van der Waals surface area contributed by atoms with E-state index in [1.165, 1.54) is 0 Å². The van der Waals surface area contributed by atoms with E-state index in [2.05, 4.69) is 4.90 Å². The number of allylic oxidation sites excluding steroid dienone is 1. The van der Waals surface area contributed by atoms with Crippen molar-refractivity contribution in [3.8, 4) is 0 Å². The summed E-state index contributed by atoms with van der Waals surface area (Å²) in [6.45, 7) is 1.49. The van der Waals surface area contributed by atoms with Crippen LogP contribution in [0.2, 0.25) is 0 Å². The number of thioether (sulfide) groups is 2. The van der Waals surface area contributed by atoms with E-state index in [9.17, 15) is 24.3 Å². The van der Waals surface area contributed by atoms with Crippen LogP contribution in [-0.4, -0.2) is 54.9 Å². The minimum absolute atomic E-state index is 0.0384. The van der Waals surface area contributed by atoms with Gasteiger partial charge in [-0.05, 0) is 31.2 Å². The van der Waals surface area contributed by atoms with Crippen LogP contribution < -0.4 is 19.7 Å². The maximum absolute atomic E-state index is 13.1. The van der Waals surface area contributed by atoms with Gasteiger partial charge in [0.05, 0.1) is 15.2 Å². The third kappa shape index (κ3) is 4.56. The number of anilines is 1. The lowest BCUT2D eigenvalue weighted by molar-refractivity contribution is -0.140. The zero-order valence-corrected chi connectivity index (χ0v) is 20.9. The zero-order chi connectivity index (χ0) is 24.6. The van der Waals surface area contributed by atoms with E-state index >= 15 is 0 Å². The fraction of sp³-hybridized carbons (Fsp3) is 0.190. The molecule has 1 aromatic heterocycles. The highest BCUT2D eigenvalue weighted by atomic mass is 32.2. The first-order chi connectivity index (χ1) is 16.2. The van der Waals surface area contributed by atoms with E-state index < -0.39 is 36.5 Å². The number of carbonyl (C=O) groups excluding carboxylic acids is 1. The van der Waals surface area contributed by atoms with Crippen molar-refractivity contribution in [2.45, 2.75) is 18.4 Å². The molecule has 2 aliphatic rings. The molecule has 4 rings (SSSR count). The van der Waals surface area contributed by atoms with Crippen LogP contribution in [-0.2, 0) is 20.9 Å². The van der Waals surface area contributed by atoms with Crippen molar-refractivity contribution in [3.63, 3.8) is 0 Å². The molecule has 3 heterocycles. The van der Waals surface area contributed by atoms with Gasteiger partial charge in [0.25, 0.3) is 11.5 Å². The fourth-order valence-corrected chi connectivity index (χ4v) is 7.01. The second kappa shape index (κ2) is 9.78. The van der Waals surface area contributed by atoms with Gasteiger partial charge in [-0.1, -0.05) is 47.9 Å². The predicted molar refractivity (Wildman–Crippen MR) is 136 cm³/mol. The van der Waals surface area contributed by atoms with Gasteiger partial charge in [-0.15, -0.1) is 11.3 Å². The number of carbonyl (C=O) groups is 3. The second-order valence-electron chi connectivity index (χ2n) is 7.02. The smallest absolute Gasteiger partial charge is 0.323 e. The molecular formula is C21H17N3O6S4. The standard InChI is InChI=1S/C21H17N3O6S4/c1-2-22-11-5-3-4-6-12(11)32-14(22)8-7-13-18(29)23(9-15(25)26)20(33-13)17-19(30)24(10-16(27)28)21(31)34-17/h3-8H,2,9-10H2,1H3,(H,25,26)(H,27,28)/b13-7-,14-8-,20-17-. The van der Waals surface area contributed by atoms with Gasteiger partial charge in [0, 0.05) is 11.4 Å². The molecule has 0 aliphatic carbocycles. The minimum Gasteiger partial charge on any atom is -0.480 e. The molecule has 34 heavy (non-hydrogen) atoms. The number of para-hydroxylation sites is 1. The van der Waals surface area contributed by atoms with E-state index in [-0.39, 0.29) is 18.4 Å². The minimum atomic E-state index is -1.24. The lowest BCUT2D eigenvalue weighted by Gasteiger charge is -2.17. The summed E-state index contributed by atoms with van der Waals surface area (Å²) in [5, 5.41) is 19.3. The van der Waals surface area contributed by atoms with Crippen LogP contribution in [0.4, 0.5) is 5.69 Å². The SMILES string of the molecule is CCN1/C(=C/C=c2\s/c(=C3\SC(=S)N(CC(=O)O)C3=O)n(CC(=O)O)c2=O)Sc2ccccc21. The number of rotatable bonds is 6. The van der Waals surface area contributed by atoms with Gasteiger partial charge in [-0.3, -0.25) is 28.6 Å². The van der Waals surface area contributed by atoms with E-state index in [1.807, 2.05) is 31.2 Å². The number of carboxylic acid groups (broad SMARTS) is 2. The normalized spacial score (nSPS) is 18.9. The number of thiocarbonyl (C=S) groups is 1. The Kier molecular flexibility index (Phi) is 6.98. The largest absolute Gasteiger partial charge is 0.480 e. The zero-order valence-electron chi connectivity index (χ0n) is 17.6. The Balaban J connectivity index is 1.83. The molecule has 0 bridgehead atoms. The van der Waals surface area contributed by atoms with Crippen LogP contribution in [0.25, 0.3) is 11.0 Å². The molecule has 0 spiro atoms. The Morgan fingerprint density at radius 1 is 1.03 bits per heavy atom. The van der Waals surface area contributed by atoms with Gasteiger partial charge < -0.3 is 15.1 Å².